The predicted molar refractivity (Wildman–Crippen MR) is 376 cm³/mol. The molecule has 4 aromatic heterocycles. The molecule has 0 spiro atoms. The van der Waals surface area contributed by atoms with Crippen LogP contribution in [0.1, 0.15) is 285 Å². The molecule has 0 fully saturated rings. The summed E-state index contributed by atoms with van der Waals surface area (Å²) in [6.45, 7) is 9.88. The molecule has 0 aliphatic heterocycles. The molecule has 0 saturated heterocycles. The second-order valence-electron chi connectivity index (χ2n) is 25.5. The summed E-state index contributed by atoms with van der Waals surface area (Å²) >= 11 is 6.29. The minimum atomic E-state index is -0.268. The molecular formula is C74H106N2O4S4. The number of hydrogen-bond donors (Lipinski definition) is 0. The zero-order chi connectivity index (χ0) is 58.9. The normalized spacial score (nSPS) is 13.0. The van der Waals surface area contributed by atoms with Crippen LogP contribution in [-0.2, 0) is 13.1 Å². The Labute approximate surface area is 520 Å². The number of unbranched alkanes of at least 4 members (excludes halogenated alkanes) is 32. The first-order chi connectivity index (χ1) is 41.3. The second kappa shape index (κ2) is 35.9. The zero-order valence-electron chi connectivity index (χ0n) is 52.6. The molecule has 0 saturated carbocycles. The Morgan fingerprint density at radius 2 is 0.464 bits per heavy atom. The number of hydrogen-bond acceptors (Lipinski definition) is 8. The second-order valence-corrected chi connectivity index (χ2v) is 29.7. The molecule has 8 aromatic rings. The zero-order valence-corrected chi connectivity index (χ0v) is 55.9. The fourth-order valence-electron chi connectivity index (χ4n) is 13.7. The number of rotatable bonds is 44. The van der Waals surface area contributed by atoms with E-state index in [9.17, 15) is 0 Å². The highest BCUT2D eigenvalue weighted by atomic mass is 32.1. The van der Waals surface area contributed by atoms with Crippen LogP contribution >= 0.6 is 45.3 Å². The van der Waals surface area contributed by atoms with Gasteiger partial charge in [0.1, 0.15) is 0 Å². The summed E-state index contributed by atoms with van der Waals surface area (Å²) in [6.07, 6.45) is 49.4. The van der Waals surface area contributed by atoms with Crippen LogP contribution in [0.2, 0.25) is 0 Å². The van der Waals surface area contributed by atoms with Gasteiger partial charge in [-0.2, -0.15) is 0 Å². The summed E-state index contributed by atoms with van der Waals surface area (Å²) < 4.78 is 10.5. The molecule has 2 unspecified atom stereocenters. The van der Waals surface area contributed by atoms with E-state index >= 15 is 19.2 Å². The molecule has 0 aliphatic carbocycles. The molecule has 6 nitrogen and oxygen atoms in total. The largest absolute Gasteiger partial charge is 0.274 e. The van der Waals surface area contributed by atoms with E-state index in [1.54, 1.807) is 54.5 Å². The Morgan fingerprint density at radius 3 is 0.667 bits per heavy atom. The average Bonchev–Trinajstić information content (AvgIpc) is 0.721. The average molecular weight is 1220 g/mol. The lowest BCUT2D eigenvalue weighted by Crippen LogP contribution is -2.38. The summed E-state index contributed by atoms with van der Waals surface area (Å²) in [7, 11) is 0. The van der Waals surface area contributed by atoms with Crippen molar-refractivity contribution in [2.24, 2.45) is 11.8 Å². The van der Waals surface area contributed by atoms with Gasteiger partial charge in [-0.1, -0.05) is 283 Å². The van der Waals surface area contributed by atoms with Gasteiger partial charge < -0.3 is 0 Å². The highest BCUT2D eigenvalue weighted by Gasteiger charge is 2.30. The molecular weight excluding hydrogens is 1110 g/mol. The van der Waals surface area contributed by atoms with Gasteiger partial charge >= 0.3 is 0 Å². The van der Waals surface area contributed by atoms with E-state index in [1.165, 1.54) is 205 Å². The monoisotopic (exact) mass is 1210 g/mol. The third kappa shape index (κ3) is 17.8. The molecule has 0 amide bonds. The van der Waals surface area contributed by atoms with Crippen molar-refractivity contribution >= 4 is 115 Å². The summed E-state index contributed by atoms with van der Waals surface area (Å²) in [4.78, 5) is 63.9. The fourth-order valence-corrected chi connectivity index (χ4v) is 18.8. The van der Waals surface area contributed by atoms with Gasteiger partial charge in [-0.3, -0.25) is 28.3 Å². The Hall–Kier alpha value is -3.70. The summed E-state index contributed by atoms with van der Waals surface area (Å²) in [5, 5.41) is 3.08. The topological polar surface area (TPSA) is 78.1 Å². The van der Waals surface area contributed by atoms with Gasteiger partial charge in [-0.05, 0) is 61.8 Å². The van der Waals surface area contributed by atoms with Crippen molar-refractivity contribution in [2.75, 3.05) is 0 Å². The minimum Gasteiger partial charge on any atom is -0.274 e. The van der Waals surface area contributed by atoms with Crippen molar-refractivity contribution in [3.8, 4) is 0 Å². The maximum atomic E-state index is 16.0. The van der Waals surface area contributed by atoms with E-state index in [2.05, 4.69) is 52.0 Å². The quantitative estimate of drug-likeness (QED) is 0.0217. The van der Waals surface area contributed by atoms with Crippen LogP contribution in [0, 0.1) is 11.8 Å². The van der Waals surface area contributed by atoms with Gasteiger partial charge in [0, 0.05) is 42.7 Å². The van der Waals surface area contributed by atoms with E-state index in [-0.39, 0.29) is 34.1 Å². The number of benzene rings is 4. The molecule has 8 rings (SSSR count). The third-order valence-electron chi connectivity index (χ3n) is 18.7. The van der Waals surface area contributed by atoms with Crippen molar-refractivity contribution in [3.05, 3.63) is 89.9 Å². The molecule has 0 aliphatic rings. The Morgan fingerprint density at radius 1 is 0.274 bits per heavy atom. The molecule has 10 heteroatoms. The predicted octanol–water partition coefficient (Wildman–Crippen LogP) is 24.0. The van der Waals surface area contributed by atoms with E-state index in [0.717, 1.165) is 89.0 Å². The highest BCUT2D eigenvalue weighted by Crippen LogP contribution is 2.48. The van der Waals surface area contributed by atoms with Crippen molar-refractivity contribution in [3.63, 3.8) is 0 Å². The fraction of sp³-hybridized carbons (Fsp3) is 0.649. The Kier molecular flexibility index (Phi) is 28.4. The number of nitrogens with zero attached hydrogens (tertiary/aromatic N) is 2. The molecule has 0 radical (unpaired) electrons. The summed E-state index contributed by atoms with van der Waals surface area (Å²) in [6, 6.07) is 16.7. The maximum absolute atomic E-state index is 16.0. The third-order valence-corrected chi connectivity index (χ3v) is 24.0. The SMILES string of the molecule is CCCCCCCCCCCCC(CCCCCCCCCC)Cn1c(=O)c2c3sc4ccccc4sc3c3c(=O)n(CC(CCCCCCCCCC)CCCCCCCCCCCC)c(=O)c4c5sc6ccccc6sc5c(c1=O)c2c34. The molecule has 460 valence electrons. The van der Waals surface area contributed by atoms with Crippen LogP contribution in [0.5, 0.6) is 0 Å². The van der Waals surface area contributed by atoms with Crippen LogP contribution in [-0.4, -0.2) is 9.13 Å². The van der Waals surface area contributed by atoms with Crippen LogP contribution in [0.4, 0.5) is 0 Å². The summed E-state index contributed by atoms with van der Waals surface area (Å²) in [5.41, 5.74) is -1.07. The highest BCUT2D eigenvalue weighted by molar-refractivity contribution is 7.38. The first-order valence-electron chi connectivity index (χ1n) is 34.7. The van der Waals surface area contributed by atoms with E-state index in [0.29, 0.717) is 45.4 Å². The van der Waals surface area contributed by atoms with E-state index < -0.39 is 0 Å². The minimum absolute atomic E-state index is 0.189. The number of pyridine rings is 2. The van der Waals surface area contributed by atoms with Crippen molar-refractivity contribution in [2.45, 2.75) is 298 Å². The van der Waals surface area contributed by atoms with E-state index in [1.807, 2.05) is 24.3 Å². The van der Waals surface area contributed by atoms with Crippen molar-refractivity contribution < 1.29 is 0 Å². The van der Waals surface area contributed by atoms with Gasteiger partial charge in [0.2, 0.25) is 0 Å². The molecule has 4 heterocycles. The molecule has 84 heavy (non-hydrogen) atoms. The van der Waals surface area contributed by atoms with Crippen LogP contribution < -0.4 is 22.2 Å². The number of fused-ring (bicyclic) bond motifs is 8. The summed E-state index contributed by atoms with van der Waals surface area (Å²) in [5.74, 6) is 0.379. The van der Waals surface area contributed by atoms with Gasteiger partial charge in [0.25, 0.3) is 22.2 Å². The molecule has 4 aromatic carbocycles. The molecule has 0 bridgehead atoms. The number of aromatic nitrogens is 2. The maximum Gasteiger partial charge on any atom is 0.262 e. The van der Waals surface area contributed by atoms with E-state index in [4.69, 9.17) is 0 Å². The van der Waals surface area contributed by atoms with Crippen LogP contribution in [0.3, 0.4) is 0 Å². The Bertz CT molecular complexity index is 3120. The van der Waals surface area contributed by atoms with Crippen LogP contribution in [0.15, 0.2) is 67.7 Å². The lowest BCUT2D eigenvalue weighted by atomic mass is 9.92. The first kappa shape index (κ1) is 66.3. The molecule has 0 N–H and O–H groups in total. The van der Waals surface area contributed by atoms with Gasteiger partial charge in [-0.25, -0.2) is 0 Å². The molecule has 2 atom stereocenters. The standard InChI is InChI=1S/C74H106N2O4S4/c1-5-9-13-17-21-25-27-31-35-39-47-55(45-37-33-29-23-19-15-11-7-3)53-75-71(77)63-61-62-65(69-67(63)81-57-49-41-43-51-59(57)83-69)73(79)76(74(80)66(62)70-68(64(61)72(75)78)82-58-50-42-44-52-60(58)84-70)54-56(46-38-34-30-24-20-16-12-8-4)48-40-36-32-28-26-22-18-14-10-6-2/h41-44,49-52,55-56H,5-40,45-48,53-54H2,1-4H3. The lowest BCUT2D eigenvalue weighted by Gasteiger charge is -2.22. The Balaban J connectivity index is 1.23. The smallest absolute Gasteiger partial charge is 0.262 e. The first-order valence-corrected chi connectivity index (χ1v) is 37.9. The van der Waals surface area contributed by atoms with Gasteiger partial charge in [-0.15, -0.1) is 45.3 Å². The van der Waals surface area contributed by atoms with Crippen molar-refractivity contribution in [1.82, 2.24) is 9.13 Å². The van der Waals surface area contributed by atoms with Crippen molar-refractivity contribution in [1.29, 1.82) is 0 Å². The van der Waals surface area contributed by atoms with Gasteiger partial charge in [0.05, 0.1) is 40.3 Å². The lowest BCUT2D eigenvalue weighted by molar-refractivity contribution is 0.350. The van der Waals surface area contributed by atoms with Gasteiger partial charge in [0.15, 0.2) is 0 Å². The van der Waals surface area contributed by atoms with Crippen LogP contribution in [0.25, 0.3) is 69.9 Å².